The van der Waals surface area contributed by atoms with Gasteiger partial charge in [-0.15, -0.1) is 0 Å². The van der Waals surface area contributed by atoms with Crippen molar-refractivity contribution >= 4 is 29.1 Å². The van der Waals surface area contributed by atoms with Crippen molar-refractivity contribution in [2.45, 2.75) is 19.9 Å². The Bertz CT molecular complexity index is 1480. The predicted octanol–water partition coefficient (Wildman–Crippen LogP) is 2.72. The molecule has 0 saturated heterocycles. The fourth-order valence-corrected chi connectivity index (χ4v) is 4.88. The molecule has 9 nitrogen and oxygen atoms in total. The molecular formula is C24H21N3O6S. The number of benzene rings is 2. The Balaban J connectivity index is 1.95. The van der Waals surface area contributed by atoms with Gasteiger partial charge in [-0.3, -0.25) is 19.5 Å². The van der Waals surface area contributed by atoms with Crippen molar-refractivity contribution in [2.24, 2.45) is 4.99 Å². The number of thiazole rings is 1. The maximum absolute atomic E-state index is 13.5. The number of rotatable bonds is 6. The zero-order valence-electron chi connectivity index (χ0n) is 18.7. The van der Waals surface area contributed by atoms with E-state index in [-0.39, 0.29) is 15.8 Å². The largest absolute Gasteiger partial charge is 0.494 e. The zero-order valence-corrected chi connectivity index (χ0v) is 19.5. The van der Waals surface area contributed by atoms with Gasteiger partial charge in [0.25, 0.3) is 11.2 Å². The minimum Gasteiger partial charge on any atom is -0.494 e. The van der Waals surface area contributed by atoms with Crippen LogP contribution < -0.4 is 19.6 Å². The van der Waals surface area contributed by atoms with Crippen LogP contribution in [0.1, 0.15) is 31.0 Å². The summed E-state index contributed by atoms with van der Waals surface area (Å²) in [5, 5.41) is 11.4. The predicted molar refractivity (Wildman–Crippen MR) is 126 cm³/mol. The first-order valence-corrected chi connectivity index (χ1v) is 11.2. The lowest BCUT2D eigenvalue weighted by Gasteiger charge is -2.24. The highest BCUT2D eigenvalue weighted by Gasteiger charge is 2.33. The zero-order chi connectivity index (χ0) is 24.4. The van der Waals surface area contributed by atoms with Crippen molar-refractivity contribution < 1.29 is 19.2 Å². The number of fused-ring (bicyclic) bond motifs is 1. The maximum atomic E-state index is 13.5. The lowest BCUT2D eigenvalue weighted by atomic mass is 9.96. The van der Waals surface area contributed by atoms with Crippen LogP contribution in [0.5, 0.6) is 5.75 Å². The van der Waals surface area contributed by atoms with E-state index in [9.17, 15) is 19.7 Å². The molecule has 1 unspecified atom stereocenters. The molecule has 34 heavy (non-hydrogen) atoms. The molecule has 0 N–H and O–H groups in total. The van der Waals surface area contributed by atoms with Crippen molar-refractivity contribution in [2.75, 3.05) is 13.7 Å². The number of allylic oxidation sites excluding steroid dienone is 1. The lowest BCUT2D eigenvalue weighted by molar-refractivity contribution is -0.385. The van der Waals surface area contributed by atoms with Crippen LogP contribution in [0.15, 0.2) is 69.6 Å². The summed E-state index contributed by atoms with van der Waals surface area (Å²) in [7, 11) is 1.28. The molecule has 1 aromatic heterocycles. The third-order valence-electron chi connectivity index (χ3n) is 5.35. The summed E-state index contributed by atoms with van der Waals surface area (Å²) in [5.41, 5.74) is 1.15. The van der Waals surface area contributed by atoms with Crippen LogP contribution in [0.2, 0.25) is 0 Å². The second kappa shape index (κ2) is 9.44. The third kappa shape index (κ3) is 4.15. The number of para-hydroxylation sites is 1. The van der Waals surface area contributed by atoms with Crippen molar-refractivity contribution in [3.05, 3.63) is 101 Å². The average Bonchev–Trinajstić information content (AvgIpc) is 3.13. The van der Waals surface area contributed by atoms with E-state index >= 15 is 0 Å². The summed E-state index contributed by atoms with van der Waals surface area (Å²) in [4.78, 5) is 42.0. The summed E-state index contributed by atoms with van der Waals surface area (Å²) in [5.74, 6) is 0.0727. The molecule has 2 aromatic carbocycles. The molecule has 174 valence electrons. The number of methoxy groups -OCH3 is 1. The molecule has 2 heterocycles. The minimum absolute atomic E-state index is 0.108. The Labute approximate surface area is 198 Å². The highest BCUT2D eigenvalue weighted by Crippen LogP contribution is 2.31. The van der Waals surface area contributed by atoms with Gasteiger partial charge in [-0.1, -0.05) is 35.6 Å². The van der Waals surface area contributed by atoms with Crippen LogP contribution in [0.4, 0.5) is 5.69 Å². The van der Waals surface area contributed by atoms with Gasteiger partial charge in [-0.2, -0.15) is 0 Å². The van der Waals surface area contributed by atoms with Gasteiger partial charge in [0.1, 0.15) is 5.75 Å². The van der Waals surface area contributed by atoms with E-state index in [4.69, 9.17) is 9.47 Å². The molecule has 4 rings (SSSR count). The smallest absolute Gasteiger partial charge is 0.338 e. The molecule has 0 spiro atoms. The molecule has 10 heteroatoms. The molecule has 1 aliphatic heterocycles. The molecule has 0 aliphatic carbocycles. The van der Waals surface area contributed by atoms with Gasteiger partial charge in [-0.25, -0.2) is 9.79 Å². The van der Waals surface area contributed by atoms with Crippen molar-refractivity contribution in [1.82, 2.24) is 4.57 Å². The molecule has 0 radical (unpaired) electrons. The molecule has 0 saturated carbocycles. The Morgan fingerprint density at radius 1 is 1.24 bits per heavy atom. The molecule has 3 aromatic rings. The number of ether oxygens (including phenoxy) is 2. The second-order valence-electron chi connectivity index (χ2n) is 7.39. The second-order valence-corrected chi connectivity index (χ2v) is 8.40. The van der Waals surface area contributed by atoms with Gasteiger partial charge >= 0.3 is 5.97 Å². The van der Waals surface area contributed by atoms with Crippen LogP contribution in [0.25, 0.3) is 6.08 Å². The quantitative estimate of drug-likeness (QED) is 0.305. The fraction of sp³-hybridized carbons (Fsp3) is 0.208. The highest BCUT2D eigenvalue weighted by molar-refractivity contribution is 7.07. The number of carbonyl (C=O) groups is 1. The number of aromatic nitrogens is 1. The standard InChI is InChI=1S/C24H21N3O6S/c1-4-33-17-11-9-15(10-12-17)21-20(23(29)32-3)14(2)25-24-26(21)22(28)19(34-24)13-16-7-5-6-8-18(16)27(30)31/h5-13,21H,4H2,1-3H3. The number of nitro benzene ring substituents is 1. The number of nitro groups is 1. The minimum atomic E-state index is -0.771. The Hall–Kier alpha value is -4.05. The lowest BCUT2D eigenvalue weighted by Crippen LogP contribution is -2.39. The first-order chi connectivity index (χ1) is 16.3. The van der Waals surface area contributed by atoms with Crippen LogP contribution in [-0.4, -0.2) is 29.2 Å². The van der Waals surface area contributed by atoms with E-state index in [2.05, 4.69) is 4.99 Å². The highest BCUT2D eigenvalue weighted by atomic mass is 32.1. The molecule has 0 bridgehead atoms. The van der Waals surface area contributed by atoms with Gasteiger partial charge in [0, 0.05) is 6.07 Å². The summed E-state index contributed by atoms with van der Waals surface area (Å²) in [6.45, 7) is 4.07. The first kappa shape index (κ1) is 23.1. The van der Waals surface area contributed by atoms with Gasteiger partial charge in [0.05, 0.1) is 46.0 Å². The third-order valence-corrected chi connectivity index (χ3v) is 6.34. The van der Waals surface area contributed by atoms with Crippen LogP contribution in [0, 0.1) is 10.1 Å². The Morgan fingerprint density at radius 2 is 1.94 bits per heavy atom. The van der Waals surface area contributed by atoms with Crippen LogP contribution in [0.3, 0.4) is 0 Å². The van der Waals surface area contributed by atoms with Crippen molar-refractivity contribution in [3.8, 4) is 5.75 Å². The number of carbonyl (C=O) groups excluding carboxylic acids is 1. The van der Waals surface area contributed by atoms with E-state index < -0.39 is 22.5 Å². The normalized spacial score (nSPS) is 15.5. The van der Waals surface area contributed by atoms with Crippen LogP contribution >= 0.6 is 11.3 Å². The molecule has 0 amide bonds. The van der Waals surface area contributed by atoms with Crippen molar-refractivity contribution in [3.63, 3.8) is 0 Å². The number of hydrogen-bond donors (Lipinski definition) is 0. The van der Waals surface area contributed by atoms with Gasteiger partial charge in [0.15, 0.2) is 4.80 Å². The van der Waals surface area contributed by atoms with Crippen molar-refractivity contribution in [1.29, 1.82) is 0 Å². The number of hydrogen-bond acceptors (Lipinski definition) is 8. The van der Waals surface area contributed by atoms with Crippen LogP contribution in [-0.2, 0) is 9.53 Å². The SMILES string of the molecule is CCOc1ccc(C2C(C(=O)OC)=C(C)N=c3sc(=Cc4ccccc4[N+](=O)[O-])c(=O)n32)cc1. The maximum Gasteiger partial charge on any atom is 0.338 e. The summed E-state index contributed by atoms with van der Waals surface area (Å²) >= 11 is 1.11. The monoisotopic (exact) mass is 479 g/mol. The average molecular weight is 480 g/mol. The van der Waals surface area contributed by atoms with Gasteiger partial charge < -0.3 is 9.47 Å². The van der Waals surface area contributed by atoms with E-state index in [0.717, 1.165) is 11.3 Å². The fourth-order valence-electron chi connectivity index (χ4n) is 3.84. The van der Waals surface area contributed by atoms with E-state index in [0.29, 0.717) is 34.0 Å². The summed E-state index contributed by atoms with van der Waals surface area (Å²) in [6.07, 6.45) is 1.48. The molecule has 1 atom stereocenters. The summed E-state index contributed by atoms with van der Waals surface area (Å²) in [6, 6.07) is 12.5. The van der Waals surface area contributed by atoms with Gasteiger partial charge in [0.2, 0.25) is 0 Å². The number of esters is 1. The Kier molecular flexibility index (Phi) is 6.42. The van der Waals surface area contributed by atoms with E-state index in [1.54, 1.807) is 49.4 Å². The molecule has 0 fully saturated rings. The van der Waals surface area contributed by atoms with E-state index in [1.807, 2.05) is 6.92 Å². The van der Waals surface area contributed by atoms with E-state index in [1.165, 1.54) is 23.8 Å². The molecular weight excluding hydrogens is 458 g/mol. The molecule has 1 aliphatic rings. The number of nitrogens with zero attached hydrogens (tertiary/aromatic N) is 3. The topological polar surface area (TPSA) is 113 Å². The summed E-state index contributed by atoms with van der Waals surface area (Å²) < 4.78 is 12.2. The first-order valence-electron chi connectivity index (χ1n) is 10.4. The van der Waals surface area contributed by atoms with Gasteiger partial charge in [-0.05, 0) is 43.7 Å². The Morgan fingerprint density at radius 3 is 2.59 bits per heavy atom.